The SMILES string of the molecule is C#CCNC(=O)COC(=O)[C@H](C)Oc1ccccc1. The zero-order valence-electron chi connectivity index (χ0n) is 10.6. The summed E-state index contributed by atoms with van der Waals surface area (Å²) in [6.45, 7) is 1.28. The highest BCUT2D eigenvalue weighted by Crippen LogP contribution is 2.11. The van der Waals surface area contributed by atoms with Crippen molar-refractivity contribution >= 4 is 11.9 Å². The zero-order chi connectivity index (χ0) is 14.1. The van der Waals surface area contributed by atoms with Crippen molar-refractivity contribution in [2.45, 2.75) is 13.0 Å². The predicted molar refractivity (Wildman–Crippen MR) is 69.3 cm³/mol. The van der Waals surface area contributed by atoms with Crippen LogP contribution in [0.3, 0.4) is 0 Å². The number of para-hydroxylation sites is 1. The number of hydrogen-bond donors (Lipinski definition) is 1. The molecule has 0 fully saturated rings. The van der Waals surface area contributed by atoms with Gasteiger partial charge in [-0.05, 0) is 19.1 Å². The molecule has 1 amide bonds. The lowest BCUT2D eigenvalue weighted by Gasteiger charge is -2.13. The van der Waals surface area contributed by atoms with Gasteiger partial charge in [0.1, 0.15) is 5.75 Å². The van der Waals surface area contributed by atoms with Gasteiger partial charge < -0.3 is 14.8 Å². The molecule has 0 bridgehead atoms. The number of terminal acetylenes is 1. The predicted octanol–water partition coefficient (Wildman–Crippen LogP) is 0.746. The molecule has 5 nitrogen and oxygen atoms in total. The maximum absolute atomic E-state index is 11.6. The molecule has 100 valence electrons. The topological polar surface area (TPSA) is 64.6 Å². The molecule has 0 aliphatic heterocycles. The minimum atomic E-state index is -0.789. The third-order valence-corrected chi connectivity index (χ3v) is 2.12. The summed E-state index contributed by atoms with van der Waals surface area (Å²) >= 11 is 0. The Kier molecular flexibility index (Phi) is 5.96. The zero-order valence-corrected chi connectivity index (χ0v) is 10.6. The lowest BCUT2D eigenvalue weighted by molar-refractivity contribution is -0.154. The Balaban J connectivity index is 2.33. The van der Waals surface area contributed by atoms with Crippen LogP contribution < -0.4 is 10.1 Å². The summed E-state index contributed by atoms with van der Waals surface area (Å²) in [7, 11) is 0. The standard InChI is InChI=1S/C14H15NO4/c1-3-9-15-13(16)10-18-14(17)11(2)19-12-7-5-4-6-8-12/h1,4-8,11H,9-10H2,2H3,(H,15,16)/t11-/m0/s1. The van der Waals surface area contributed by atoms with Crippen molar-refractivity contribution in [3.63, 3.8) is 0 Å². The Morgan fingerprint density at radius 1 is 1.37 bits per heavy atom. The van der Waals surface area contributed by atoms with E-state index in [1.165, 1.54) is 0 Å². The lowest BCUT2D eigenvalue weighted by Crippen LogP contribution is -2.33. The third kappa shape index (κ3) is 5.59. The van der Waals surface area contributed by atoms with Crippen LogP contribution in [-0.2, 0) is 14.3 Å². The molecule has 19 heavy (non-hydrogen) atoms. The fourth-order valence-corrected chi connectivity index (χ4v) is 1.21. The Bertz CT molecular complexity index is 464. The molecule has 0 spiro atoms. The van der Waals surface area contributed by atoms with Crippen LogP contribution in [0.2, 0.25) is 0 Å². The summed E-state index contributed by atoms with van der Waals surface area (Å²) in [5, 5.41) is 2.38. The van der Waals surface area contributed by atoms with Crippen molar-refractivity contribution in [3.05, 3.63) is 30.3 Å². The maximum atomic E-state index is 11.6. The van der Waals surface area contributed by atoms with Crippen molar-refractivity contribution in [2.24, 2.45) is 0 Å². The van der Waals surface area contributed by atoms with Gasteiger partial charge in [-0.15, -0.1) is 6.42 Å². The third-order valence-electron chi connectivity index (χ3n) is 2.12. The smallest absolute Gasteiger partial charge is 0.347 e. The monoisotopic (exact) mass is 261 g/mol. The minimum Gasteiger partial charge on any atom is -0.479 e. The van der Waals surface area contributed by atoms with Crippen LogP contribution in [0.1, 0.15) is 6.92 Å². The highest BCUT2D eigenvalue weighted by molar-refractivity contribution is 5.82. The fourth-order valence-electron chi connectivity index (χ4n) is 1.21. The molecule has 0 aromatic heterocycles. The Hall–Kier alpha value is -2.48. The highest BCUT2D eigenvalue weighted by atomic mass is 16.6. The van der Waals surface area contributed by atoms with Crippen LogP contribution in [0, 0.1) is 12.3 Å². The summed E-state index contributed by atoms with van der Waals surface area (Å²) in [5.74, 6) is 1.75. The number of rotatable bonds is 6. The summed E-state index contributed by atoms with van der Waals surface area (Å²) in [4.78, 5) is 22.7. The quantitative estimate of drug-likeness (QED) is 0.606. The van der Waals surface area contributed by atoms with Gasteiger partial charge in [-0.2, -0.15) is 0 Å². The first-order chi connectivity index (χ1) is 9.13. The highest BCUT2D eigenvalue weighted by Gasteiger charge is 2.17. The number of carbonyl (C=O) groups excluding carboxylic acids is 2. The second-order valence-electron chi connectivity index (χ2n) is 3.66. The molecule has 0 heterocycles. The molecule has 0 saturated carbocycles. The fraction of sp³-hybridized carbons (Fsp3) is 0.286. The van der Waals surface area contributed by atoms with Crippen molar-refractivity contribution in [1.29, 1.82) is 0 Å². The average Bonchev–Trinajstić information content (AvgIpc) is 2.43. The average molecular weight is 261 g/mol. The molecule has 1 rings (SSSR count). The Labute approximate surface area is 111 Å². The van der Waals surface area contributed by atoms with E-state index in [9.17, 15) is 9.59 Å². The molecule has 1 aromatic carbocycles. The second-order valence-corrected chi connectivity index (χ2v) is 3.66. The molecule has 1 aromatic rings. The number of hydrogen-bond acceptors (Lipinski definition) is 4. The van der Waals surface area contributed by atoms with Gasteiger partial charge in [-0.25, -0.2) is 4.79 Å². The second kappa shape index (κ2) is 7.77. The number of amides is 1. The van der Waals surface area contributed by atoms with E-state index < -0.39 is 18.0 Å². The van der Waals surface area contributed by atoms with Gasteiger partial charge >= 0.3 is 5.97 Å². The molecule has 1 atom stereocenters. The van der Waals surface area contributed by atoms with Gasteiger partial charge in [0.15, 0.2) is 12.7 Å². The minimum absolute atomic E-state index is 0.104. The van der Waals surface area contributed by atoms with Crippen LogP contribution in [0.4, 0.5) is 0 Å². The van der Waals surface area contributed by atoms with E-state index in [0.29, 0.717) is 5.75 Å². The summed E-state index contributed by atoms with van der Waals surface area (Å²) in [5.41, 5.74) is 0. The summed E-state index contributed by atoms with van der Waals surface area (Å²) < 4.78 is 10.1. The Morgan fingerprint density at radius 3 is 2.68 bits per heavy atom. The van der Waals surface area contributed by atoms with Crippen LogP contribution in [0.25, 0.3) is 0 Å². The first-order valence-corrected chi connectivity index (χ1v) is 5.72. The lowest BCUT2D eigenvalue weighted by atomic mass is 10.3. The normalized spacial score (nSPS) is 10.9. The van der Waals surface area contributed by atoms with Crippen molar-refractivity contribution in [2.75, 3.05) is 13.2 Å². The molecule has 1 N–H and O–H groups in total. The first kappa shape index (κ1) is 14.6. The summed E-state index contributed by atoms with van der Waals surface area (Å²) in [6, 6.07) is 8.87. The van der Waals surface area contributed by atoms with E-state index in [1.807, 2.05) is 6.07 Å². The van der Waals surface area contributed by atoms with E-state index in [4.69, 9.17) is 15.9 Å². The van der Waals surface area contributed by atoms with E-state index in [2.05, 4.69) is 11.2 Å². The van der Waals surface area contributed by atoms with E-state index in [-0.39, 0.29) is 13.2 Å². The van der Waals surface area contributed by atoms with Crippen LogP contribution >= 0.6 is 0 Å². The van der Waals surface area contributed by atoms with Gasteiger partial charge in [0.05, 0.1) is 6.54 Å². The van der Waals surface area contributed by atoms with Gasteiger partial charge in [0.25, 0.3) is 5.91 Å². The van der Waals surface area contributed by atoms with Gasteiger partial charge in [-0.3, -0.25) is 4.79 Å². The molecule has 0 unspecified atom stereocenters. The molecular formula is C14H15NO4. The van der Waals surface area contributed by atoms with Crippen LogP contribution in [0.15, 0.2) is 30.3 Å². The number of benzene rings is 1. The van der Waals surface area contributed by atoms with E-state index in [0.717, 1.165) is 0 Å². The van der Waals surface area contributed by atoms with Crippen LogP contribution in [0.5, 0.6) is 5.75 Å². The molecule has 0 aliphatic rings. The Morgan fingerprint density at radius 2 is 2.05 bits per heavy atom. The summed E-state index contributed by atoms with van der Waals surface area (Å²) in [6.07, 6.45) is 4.19. The molecule has 0 aliphatic carbocycles. The number of nitrogens with one attached hydrogen (secondary N) is 1. The molecular weight excluding hydrogens is 246 g/mol. The van der Waals surface area contributed by atoms with E-state index >= 15 is 0 Å². The van der Waals surface area contributed by atoms with Crippen molar-refractivity contribution in [3.8, 4) is 18.1 Å². The first-order valence-electron chi connectivity index (χ1n) is 5.72. The van der Waals surface area contributed by atoms with Gasteiger partial charge in [0.2, 0.25) is 0 Å². The molecule has 5 heteroatoms. The van der Waals surface area contributed by atoms with Crippen molar-refractivity contribution in [1.82, 2.24) is 5.32 Å². The van der Waals surface area contributed by atoms with Gasteiger partial charge in [-0.1, -0.05) is 24.1 Å². The van der Waals surface area contributed by atoms with Gasteiger partial charge in [0, 0.05) is 0 Å². The largest absolute Gasteiger partial charge is 0.479 e. The number of carbonyl (C=O) groups is 2. The van der Waals surface area contributed by atoms with E-state index in [1.54, 1.807) is 31.2 Å². The molecule has 0 radical (unpaired) electrons. The number of esters is 1. The van der Waals surface area contributed by atoms with Crippen LogP contribution in [-0.4, -0.2) is 31.1 Å². The van der Waals surface area contributed by atoms with Crippen molar-refractivity contribution < 1.29 is 19.1 Å². The molecule has 0 saturated heterocycles. The maximum Gasteiger partial charge on any atom is 0.347 e. The number of ether oxygens (including phenoxy) is 2.